The van der Waals surface area contributed by atoms with Gasteiger partial charge in [-0.25, -0.2) is 19.9 Å². The molecule has 0 amide bonds. The van der Waals surface area contributed by atoms with Crippen LogP contribution in [0.4, 0.5) is 0 Å². The predicted octanol–water partition coefficient (Wildman–Crippen LogP) is 12.8. The van der Waals surface area contributed by atoms with Crippen molar-refractivity contribution < 1.29 is 8.83 Å². The van der Waals surface area contributed by atoms with E-state index in [1.807, 2.05) is 91.0 Å². The maximum atomic E-state index is 6.68. The Labute approximate surface area is 325 Å². The summed E-state index contributed by atoms with van der Waals surface area (Å²) in [6, 6.07) is 60.0. The Hall–Kier alpha value is -7.90. The first-order valence-electron chi connectivity index (χ1n) is 18.9. The number of para-hydroxylation sites is 1. The van der Waals surface area contributed by atoms with Gasteiger partial charge < -0.3 is 13.4 Å². The van der Waals surface area contributed by atoms with Gasteiger partial charge >= 0.3 is 0 Å². The third-order valence-corrected chi connectivity index (χ3v) is 10.8. The Morgan fingerprint density at radius 3 is 1.84 bits per heavy atom. The molecule has 0 spiro atoms. The van der Waals surface area contributed by atoms with E-state index in [2.05, 4.69) is 89.5 Å². The molecule has 57 heavy (non-hydrogen) atoms. The number of benzene rings is 8. The number of nitrogens with zero attached hydrogens (tertiary/aromatic N) is 5. The number of oxazole rings is 1. The van der Waals surface area contributed by atoms with Crippen LogP contribution in [0.2, 0.25) is 0 Å². The summed E-state index contributed by atoms with van der Waals surface area (Å²) in [5.41, 5.74) is 9.72. The van der Waals surface area contributed by atoms with E-state index in [-0.39, 0.29) is 0 Å². The summed E-state index contributed by atoms with van der Waals surface area (Å²) < 4.78 is 15.1. The number of fused-ring (bicyclic) bond motifs is 9. The minimum Gasteiger partial charge on any atom is -0.456 e. The maximum absolute atomic E-state index is 6.68. The smallest absolute Gasteiger partial charge is 0.227 e. The zero-order chi connectivity index (χ0) is 37.5. The molecule has 266 valence electrons. The second-order valence-electron chi connectivity index (χ2n) is 14.3. The van der Waals surface area contributed by atoms with E-state index in [0.29, 0.717) is 23.4 Å². The topological polar surface area (TPSA) is 82.8 Å². The molecule has 0 aliphatic heterocycles. The molecule has 7 nitrogen and oxygen atoms in total. The quantitative estimate of drug-likeness (QED) is 0.175. The standard InChI is InChI=1S/C50H29N5O2/c1-3-12-30(13-4-1)47-52-48(54-49(53-47)35-22-25-44-40(28-35)37-20-9-10-21-43(37)56-44)34-18-11-19-36(26-34)55-42-29-33-17-8-7-16-32(33)27-39(42)38-23-24-41-46(45(38)55)57-50(51-41)31-14-5-2-6-15-31/h1-29H. The fraction of sp³-hybridized carbons (Fsp3) is 0. The summed E-state index contributed by atoms with van der Waals surface area (Å²) in [4.78, 5) is 20.2. The molecule has 0 saturated carbocycles. The highest BCUT2D eigenvalue weighted by Gasteiger charge is 2.21. The molecule has 4 heterocycles. The van der Waals surface area contributed by atoms with E-state index in [9.17, 15) is 0 Å². The fourth-order valence-electron chi connectivity index (χ4n) is 8.14. The minimum absolute atomic E-state index is 0.570. The number of hydrogen-bond acceptors (Lipinski definition) is 6. The van der Waals surface area contributed by atoms with E-state index in [4.69, 9.17) is 28.8 Å². The summed E-state index contributed by atoms with van der Waals surface area (Å²) in [7, 11) is 0. The average Bonchev–Trinajstić information content (AvgIpc) is 3.98. The molecule has 4 aromatic heterocycles. The van der Waals surface area contributed by atoms with Gasteiger partial charge in [0.15, 0.2) is 23.1 Å². The molecule has 0 saturated heterocycles. The van der Waals surface area contributed by atoms with Crippen LogP contribution in [-0.4, -0.2) is 24.5 Å². The van der Waals surface area contributed by atoms with Crippen LogP contribution >= 0.6 is 0 Å². The zero-order valence-electron chi connectivity index (χ0n) is 30.3. The third-order valence-electron chi connectivity index (χ3n) is 10.8. The van der Waals surface area contributed by atoms with Crippen molar-refractivity contribution >= 4 is 65.6 Å². The van der Waals surface area contributed by atoms with Gasteiger partial charge in [-0.15, -0.1) is 0 Å². The normalized spacial score (nSPS) is 11.9. The van der Waals surface area contributed by atoms with E-state index < -0.39 is 0 Å². The van der Waals surface area contributed by atoms with Gasteiger partial charge in [-0.05, 0) is 83.6 Å². The first-order valence-corrected chi connectivity index (χ1v) is 18.9. The third kappa shape index (κ3) is 5.06. The highest BCUT2D eigenvalue weighted by Crippen LogP contribution is 2.40. The first-order chi connectivity index (χ1) is 28.2. The predicted molar refractivity (Wildman–Crippen MR) is 228 cm³/mol. The second kappa shape index (κ2) is 12.3. The fourth-order valence-corrected chi connectivity index (χ4v) is 8.14. The molecule has 0 aliphatic carbocycles. The van der Waals surface area contributed by atoms with Crippen LogP contribution in [0, 0.1) is 0 Å². The van der Waals surface area contributed by atoms with Crippen LogP contribution in [0.15, 0.2) is 185 Å². The van der Waals surface area contributed by atoms with Crippen molar-refractivity contribution in [2.45, 2.75) is 0 Å². The van der Waals surface area contributed by atoms with Crippen LogP contribution in [-0.2, 0) is 0 Å². The molecule has 12 aromatic rings. The van der Waals surface area contributed by atoms with E-state index in [1.165, 1.54) is 5.39 Å². The monoisotopic (exact) mass is 731 g/mol. The van der Waals surface area contributed by atoms with Gasteiger partial charge in [0.2, 0.25) is 5.89 Å². The molecule has 0 bridgehead atoms. The highest BCUT2D eigenvalue weighted by atomic mass is 16.3. The summed E-state index contributed by atoms with van der Waals surface area (Å²) in [5.74, 6) is 2.33. The molecule has 0 unspecified atom stereocenters. The lowest BCUT2D eigenvalue weighted by molar-refractivity contribution is 0.621. The van der Waals surface area contributed by atoms with Crippen molar-refractivity contribution in [1.82, 2.24) is 24.5 Å². The van der Waals surface area contributed by atoms with E-state index >= 15 is 0 Å². The Balaban J connectivity index is 1.09. The van der Waals surface area contributed by atoms with Gasteiger partial charge in [-0.1, -0.05) is 103 Å². The van der Waals surface area contributed by atoms with Gasteiger partial charge in [0.1, 0.15) is 16.7 Å². The van der Waals surface area contributed by atoms with Crippen LogP contribution in [0.5, 0.6) is 0 Å². The molecule has 0 radical (unpaired) electrons. The lowest BCUT2D eigenvalue weighted by Gasteiger charge is -2.12. The van der Waals surface area contributed by atoms with Gasteiger partial charge in [-0.2, -0.15) is 0 Å². The Kier molecular flexibility index (Phi) is 6.79. The number of hydrogen-bond donors (Lipinski definition) is 0. The van der Waals surface area contributed by atoms with Crippen molar-refractivity contribution in [1.29, 1.82) is 0 Å². The zero-order valence-corrected chi connectivity index (χ0v) is 30.3. The SMILES string of the molecule is c1ccc(-c2nc(-c3cccc(-n4c5cc6ccccc6cc5c5ccc6nc(-c7ccccc7)oc6c54)c3)nc(-c3ccc4oc5ccccc5c4c3)n2)cc1. The van der Waals surface area contributed by atoms with Gasteiger partial charge in [0.05, 0.1) is 11.0 Å². The second-order valence-corrected chi connectivity index (χ2v) is 14.3. The van der Waals surface area contributed by atoms with Crippen LogP contribution < -0.4 is 0 Å². The maximum Gasteiger partial charge on any atom is 0.227 e. The van der Waals surface area contributed by atoms with Gasteiger partial charge in [0.25, 0.3) is 0 Å². The van der Waals surface area contributed by atoms with Gasteiger partial charge in [-0.3, -0.25) is 0 Å². The molecular formula is C50H29N5O2. The van der Waals surface area contributed by atoms with Crippen LogP contribution in [0.3, 0.4) is 0 Å². The first kappa shape index (κ1) is 31.5. The Morgan fingerprint density at radius 1 is 0.386 bits per heavy atom. The lowest BCUT2D eigenvalue weighted by atomic mass is 10.1. The summed E-state index contributed by atoms with van der Waals surface area (Å²) in [6.07, 6.45) is 0. The number of rotatable bonds is 5. The Bertz CT molecular complexity index is 3530. The molecule has 12 rings (SSSR count). The highest BCUT2D eigenvalue weighted by molar-refractivity contribution is 6.19. The average molecular weight is 732 g/mol. The van der Waals surface area contributed by atoms with Crippen molar-refractivity contribution in [2.75, 3.05) is 0 Å². The van der Waals surface area contributed by atoms with Crippen molar-refractivity contribution in [3.05, 3.63) is 176 Å². The summed E-state index contributed by atoms with van der Waals surface area (Å²) >= 11 is 0. The van der Waals surface area contributed by atoms with E-state index in [1.54, 1.807) is 0 Å². The summed E-state index contributed by atoms with van der Waals surface area (Å²) in [6.45, 7) is 0. The molecule has 0 N–H and O–H groups in total. The number of aromatic nitrogens is 5. The van der Waals surface area contributed by atoms with Crippen LogP contribution in [0.25, 0.3) is 117 Å². The minimum atomic E-state index is 0.570. The van der Waals surface area contributed by atoms with Gasteiger partial charge in [0, 0.05) is 49.5 Å². The van der Waals surface area contributed by atoms with E-state index in [0.717, 1.165) is 88.2 Å². The molecule has 0 fully saturated rings. The van der Waals surface area contributed by atoms with Crippen LogP contribution in [0.1, 0.15) is 0 Å². The van der Waals surface area contributed by atoms with Crippen molar-refractivity contribution in [3.63, 3.8) is 0 Å². The molecule has 0 aliphatic rings. The van der Waals surface area contributed by atoms with Crippen molar-refractivity contribution in [2.24, 2.45) is 0 Å². The molecule has 8 aromatic carbocycles. The Morgan fingerprint density at radius 2 is 1.04 bits per heavy atom. The lowest BCUT2D eigenvalue weighted by Crippen LogP contribution is -2.01. The largest absolute Gasteiger partial charge is 0.456 e. The summed E-state index contributed by atoms with van der Waals surface area (Å²) in [5, 5.41) is 6.61. The molecule has 0 atom stereocenters. The van der Waals surface area contributed by atoms with Crippen molar-refractivity contribution in [3.8, 4) is 51.3 Å². The molecule has 7 heteroatoms. The number of furan rings is 1. The molecular weight excluding hydrogens is 703 g/mol.